The van der Waals surface area contributed by atoms with E-state index in [4.69, 9.17) is 5.11 Å². The summed E-state index contributed by atoms with van der Waals surface area (Å²) in [4.78, 5) is 22.6. The van der Waals surface area contributed by atoms with Crippen molar-refractivity contribution in [1.82, 2.24) is 0 Å². The van der Waals surface area contributed by atoms with Gasteiger partial charge >= 0.3 is 5.97 Å². The van der Waals surface area contributed by atoms with E-state index in [1.165, 1.54) is 15.9 Å². The fourth-order valence-electron chi connectivity index (χ4n) is 3.98. The number of rotatable bonds is 10. The highest BCUT2D eigenvalue weighted by atomic mass is 31.2. The second-order valence-corrected chi connectivity index (χ2v) is 11.0. The first-order valence-corrected chi connectivity index (χ1v) is 12.4. The third-order valence-corrected chi connectivity index (χ3v) is 9.92. The molecular weight excluding hydrogens is 391 g/mol. The molecule has 2 aromatic carbocycles. The third kappa shape index (κ3) is 5.43. The molecule has 0 radical (unpaired) electrons. The van der Waals surface area contributed by atoms with E-state index in [2.05, 4.69) is 78.9 Å². The summed E-state index contributed by atoms with van der Waals surface area (Å²) < 4.78 is 0. The van der Waals surface area contributed by atoms with E-state index in [0.717, 1.165) is 19.0 Å². The van der Waals surface area contributed by atoms with Crippen molar-refractivity contribution in [2.75, 3.05) is 6.16 Å². The summed E-state index contributed by atoms with van der Waals surface area (Å²) in [6.07, 6.45) is 14.4. The summed E-state index contributed by atoms with van der Waals surface area (Å²) in [5.41, 5.74) is 0. The van der Waals surface area contributed by atoms with Gasteiger partial charge in [-0.25, -0.2) is 0 Å². The van der Waals surface area contributed by atoms with Crippen LogP contribution in [0.15, 0.2) is 96.4 Å². The molecule has 154 valence electrons. The zero-order chi connectivity index (χ0) is 21.2. The smallest absolute Gasteiger partial charge is 0.310 e. The van der Waals surface area contributed by atoms with Crippen LogP contribution >= 0.6 is 7.26 Å². The van der Waals surface area contributed by atoms with E-state index in [0.29, 0.717) is 12.8 Å². The van der Waals surface area contributed by atoms with Gasteiger partial charge in [-0.3, -0.25) is 9.59 Å². The van der Waals surface area contributed by atoms with Gasteiger partial charge in [0.25, 0.3) is 0 Å². The molecule has 0 fully saturated rings. The quantitative estimate of drug-likeness (QED) is 0.324. The second-order valence-electron chi connectivity index (χ2n) is 7.42. The number of aliphatic carboxylic acids is 1. The number of carbonyl (C=O) groups excluding carboxylic acids is 1. The van der Waals surface area contributed by atoms with Crippen LogP contribution in [0.3, 0.4) is 0 Å². The van der Waals surface area contributed by atoms with Gasteiger partial charge < -0.3 is 5.11 Å². The summed E-state index contributed by atoms with van der Waals surface area (Å²) in [6, 6.07) is 21.4. The van der Waals surface area contributed by atoms with Crippen molar-refractivity contribution in [3.05, 3.63) is 96.4 Å². The summed E-state index contributed by atoms with van der Waals surface area (Å²) in [6.45, 7) is 0. The number of carboxylic acids is 1. The molecule has 0 unspecified atom stereocenters. The van der Waals surface area contributed by atoms with E-state index in [9.17, 15) is 9.59 Å². The first-order valence-electron chi connectivity index (χ1n) is 10.4. The summed E-state index contributed by atoms with van der Waals surface area (Å²) in [5, 5.41) is 12.9. The Balaban J connectivity index is 1.95. The van der Waals surface area contributed by atoms with Gasteiger partial charge in [0.15, 0.2) is 0 Å². The number of hydrogen-bond acceptors (Lipinski definition) is 2. The van der Waals surface area contributed by atoms with Crippen molar-refractivity contribution in [3.63, 3.8) is 0 Å². The van der Waals surface area contributed by atoms with Crippen LogP contribution < -0.4 is 10.6 Å². The first kappa shape index (κ1) is 21.9. The largest absolute Gasteiger partial charge is 0.481 e. The normalized spacial score (nSPS) is 13.5. The molecular formula is C26H28O3P+. The van der Waals surface area contributed by atoms with Crippen LogP contribution in [-0.4, -0.2) is 23.0 Å². The molecule has 0 amide bonds. The Morgan fingerprint density at radius 2 is 1.50 bits per heavy atom. The molecule has 0 atom stereocenters. The van der Waals surface area contributed by atoms with Crippen molar-refractivity contribution in [2.45, 2.75) is 32.1 Å². The van der Waals surface area contributed by atoms with Gasteiger partial charge in [0.2, 0.25) is 0 Å². The van der Waals surface area contributed by atoms with Crippen molar-refractivity contribution in [1.29, 1.82) is 0 Å². The fraction of sp³-hybridized carbons (Fsp3) is 0.231. The Kier molecular flexibility index (Phi) is 7.93. The van der Waals surface area contributed by atoms with E-state index in [-0.39, 0.29) is 12.2 Å². The number of carbonyl (C=O) groups is 2. The van der Waals surface area contributed by atoms with Crippen LogP contribution in [0.1, 0.15) is 32.1 Å². The minimum absolute atomic E-state index is 0.191. The van der Waals surface area contributed by atoms with E-state index in [1.54, 1.807) is 0 Å². The third-order valence-electron chi connectivity index (χ3n) is 5.36. The van der Waals surface area contributed by atoms with Crippen LogP contribution in [0.5, 0.6) is 0 Å². The van der Waals surface area contributed by atoms with Gasteiger partial charge in [0, 0.05) is 6.42 Å². The van der Waals surface area contributed by atoms with Crippen molar-refractivity contribution in [2.24, 2.45) is 0 Å². The van der Waals surface area contributed by atoms with E-state index < -0.39 is 13.2 Å². The molecule has 1 aliphatic rings. The van der Waals surface area contributed by atoms with Gasteiger partial charge in [-0.05, 0) is 55.7 Å². The molecule has 0 saturated carbocycles. The summed E-state index contributed by atoms with van der Waals surface area (Å²) >= 11 is 0. The molecule has 0 aromatic heterocycles. The zero-order valence-electron chi connectivity index (χ0n) is 17.1. The molecule has 3 nitrogen and oxygen atoms in total. The van der Waals surface area contributed by atoms with E-state index >= 15 is 0 Å². The molecule has 2 aromatic rings. The van der Waals surface area contributed by atoms with Crippen molar-refractivity contribution in [3.8, 4) is 0 Å². The lowest BCUT2D eigenvalue weighted by atomic mass is 10.1. The second kappa shape index (κ2) is 10.8. The van der Waals surface area contributed by atoms with Gasteiger partial charge in [-0.15, -0.1) is 0 Å². The molecule has 4 heteroatoms. The lowest BCUT2D eigenvalue weighted by Crippen LogP contribution is -2.26. The SMILES string of the molecule is O=C(O)CC(=O)CCCC[P+](C1=CCC=CC=C1)(c1ccccc1)c1ccccc1. The van der Waals surface area contributed by atoms with Crippen LogP contribution in [0.2, 0.25) is 0 Å². The topological polar surface area (TPSA) is 54.4 Å². The molecule has 0 heterocycles. The van der Waals surface area contributed by atoms with Crippen LogP contribution in [-0.2, 0) is 9.59 Å². The Hall–Kier alpha value is -2.77. The number of unbranched alkanes of at least 4 members (excludes halogenated alkanes) is 1. The maximum Gasteiger partial charge on any atom is 0.310 e. The number of Topliss-reactive ketones (excluding diaryl/α,β-unsaturated/α-hetero) is 1. The number of allylic oxidation sites excluding steroid dienone is 6. The Morgan fingerprint density at radius 1 is 0.867 bits per heavy atom. The number of benzene rings is 2. The minimum Gasteiger partial charge on any atom is -0.481 e. The zero-order valence-corrected chi connectivity index (χ0v) is 18.0. The van der Waals surface area contributed by atoms with Gasteiger partial charge in [-0.1, -0.05) is 54.6 Å². The number of hydrogen-bond donors (Lipinski definition) is 1. The first-order chi connectivity index (χ1) is 14.6. The maximum absolute atomic E-state index is 11.9. The summed E-state index contributed by atoms with van der Waals surface area (Å²) in [7, 11) is -1.88. The maximum atomic E-state index is 11.9. The molecule has 0 spiro atoms. The van der Waals surface area contributed by atoms with Crippen LogP contribution in [0.25, 0.3) is 0 Å². The van der Waals surface area contributed by atoms with Crippen LogP contribution in [0.4, 0.5) is 0 Å². The van der Waals surface area contributed by atoms with E-state index in [1.807, 2.05) is 12.1 Å². The predicted molar refractivity (Wildman–Crippen MR) is 126 cm³/mol. The lowest BCUT2D eigenvalue weighted by molar-refractivity contribution is -0.140. The highest BCUT2D eigenvalue weighted by molar-refractivity contribution is 7.93. The summed E-state index contributed by atoms with van der Waals surface area (Å²) in [5.74, 6) is -1.24. The highest BCUT2D eigenvalue weighted by Gasteiger charge is 2.45. The molecule has 1 aliphatic carbocycles. The molecule has 3 rings (SSSR count). The van der Waals surface area contributed by atoms with Gasteiger partial charge in [0.1, 0.15) is 35.4 Å². The monoisotopic (exact) mass is 419 g/mol. The van der Waals surface area contributed by atoms with Crippen LogP contribution in [0, 0.1) is 0 Å². The Morgan fingerprint density at radius 3 is 2.10 bits per heavy atom. The Bertz CT molecular complexity index is 903. The van der Waals surface area contributed by atoms with Gasteiger partial charge in [-0.2, -0.15) is 0 Å². The molecule has 30 heavy (non-hydrogen) atoms. The number of carboxylic acid groups (broad SMARTS) is 1. The highest BCUT2D eigenvalue weighted by Crippen LogP contribution is 2.64. The molecule has 0 saturated heterocycles. The molecule has 1 N–H and O–H groups in total. The van der Waals surface area contributed by atoms with Gasteiger partial charge in [0.05, 0.1) is 6.16 Å². The van der Waals surface area contributed by atoms with Crippen molar-refractivity contribution >= 4 is 29.6 Å². The fourth-order valence-corrected chi connectivity index (χ4v) is 8.47. The number of ketones is 1. The molecule has 0 aliphatic heterocycles. The minimum atomic E-state index is -1.88. The van der Waals surface area contributed by atoms with Crippen molar-refractivity contribution < 1.29 is 14.7 Å². The Labute approximate surface area is 179 Å². The lowest BCUT2D eigenvalue weighted by Gasteiger charge is -2.28. The average molecular weight is 419 g/mol. The predicted octanol–water partition coefficient (Wildman–Crippen LogP) is 5.27. The standard InChI is InChI=1S/C26H27O3P/c27-22(21-26(28)29)13-11-12-20-30(24-16-7-3-8-17-24,25-18-9-4-10-19-25)23-14-5-1-2-6-15-23/h1-5,7-10,14-19H,6,11-13,20-21H2/p+1. The molecule has 0 bridgehead atoms. The average Bonchev–Trinajstić information content (AvgIpc) is 3.05.